The number of carbonyl (C=O) groups is 1. The summed E-state index contributed by atoms with van der Waals surface area (Å²) >= 11 is 12.1. The molecule has 2 rings (SSSR count). The van der Waals surface area contributed by atoms with Crippen molar-refractivity contribution in [3.63, 3.8) is 0 Å². The summed E-state index contributed by atoms with van der Waals surface area (Å²) in [5, 5.41) is 1.32. The van der Waals surface area contributed by atoms with Crippen molar-refractivity contribution in [2.75, 3.05) is 0 Å². The van der Waals surface area contributed by atoms with E-state index in [1.807, 2.05) is 12.1 Å². The second kappa shape index (κ2) is 5.70. The molecule has 0 fully saturated rings. The third-order valence-electron chi connectivity index (χ3n) is 3.05. The summed E-state index contributed by atoms with van der Waals surface area (Å²) in [6, 6.07) is 5.55. The van der Waals surface area contributed by atoms with Gasteiger partial charge in [0.05, 0.1) is 0 Å². The number of benzene rings is 1. The maximum atomic E-state index is 11.5. The van der Waals surface area contributed by atoms with Crippen molar-refractivity contribution in [3.8, 4) is 0 Å². The lowest BCUT2D eigenvalue weighted by Crippen LogP contribution is -2.05. The highest BCUT2D eigenvalue weighted by molar-refractivity contribution is 6.35. The molecule has 0 amide bonds. The molecule has 1 aliphatic rings. The number of hydrogen-bond donors (Lipinski definition) is 0. The number of carbonyl (C=O) groups excluding carboxylic acids is 1. The van der Waals surface area contributed by atoms with Crippen molar-refractivity contribution in [1.82, 2.24) is 0 Å². The van der Waals surface area contributed by atoms with Crippen LogP contribution in [0.25, 0.3) is 0 Å². The summed E-state index contributed by atoms with van der Waals surface area (Å²) in [5.74, 6) is 0.563. The monoisotopic (exact) mass is 268 g/mol. The lowest BCUT2D eigenvalue weighted by atomic mass is 9.90. The maximum Gasteiger partial charge on any atom is 0.133 e. The van der Waals surface area contributed by atoms with Crippen molar-refractivity contribution in [2.24, 2.45) is 0 Å². The van der Waals surface area contributed by atoms with Crippen molar-refractivity contribution >= 4 is 29.0 Å². The highest BCUT2D eigenvalue weighted by atomic mass is 35.5. The molecule has 0 aromatic heterocycles. The molecule has 1 aliphatic carbocycles. The molecule has 1 atom stereocenters. The molecule has 1 aromatic carbocycles. The van der Waals surface area contributed by atoms with Gasteiger partial charge >= 0.3 is 0 Å². The highest BCUT2D eigenvalue weighted by Crippen LogP contribution is 2.32. The van der Waals surface area contributed by atoms with E-state index in [-0.39, 0.29) is 5.92 Å². The van der Waals surface area contributed by atoms with Crippen LogP contribution >= 0.6 is 23.2 Å². The Labute approximate surface area is 111 Å². The second-order valence-corrected chi connectivity index (χ2v) is 5.16. The minimum Gasteiger partial charge on any atom is -0.300 e. The molecule has 0 saturated carbocycles. The van der Waals surface area contributed by atoms with Crippen LogP contribution in [-0.4, -0.2) is 5.78 Å². The summed E-state index contributed by atoms with van der Waals surface area (Å²) in [7, 11) is 0. The molecular formula is C14H14Cl2O. The molecule has 1 nitrogen and oxygen atoms in total. The van der Waals surface area contributed by atoms with Gasteiger partial charge in [-0.15, -0.1) is 0 Å². The summed E-state index contributed by atoms with van der Waals surface area (Å²) in [6.45, 7) is 0. The molecule has 3 heteroatoms. The van der Waals surface area contributed by atoms with E-state index in [9.17, 15) is 4.79 Å². The molecule has 1 unspecified atom stereocenters. The number of halogens is 2. The largest absolute Gasteiger partial charge is 0.300 e. The maximum absolute atomic E-state index is 11.5. The van der Waals surface area contributed by atoms with Gasteiger partial charge in [-0.05, 0) is 30.5 Å². The quantitative estimate of drug-likeness (QED) is 0.671. The number of rotatable bonds is 1. The average molecular weight is 269 g/mol. The van der Waals surface area contributed by atoms with Crippen LogP contribution in [0.4, 0.5) is 0 Å². The van der Waals surface area contributed by atoms with Crippen LogP contribution in [0.3, 0.4) is 0 Å². The second-order valence-electron chi connectivity index (χ2n) is 4.32. The zero-order chi connectivity index (χ0) is 12.3. The minimum absolute atomic E-state index is 0.226. The standard InChI is InChI=1S/C14H14Cl2O/c15-11-6-8-13(14(16)9-11)10-3-1-2-4-12(17)7-5-10/h1,3,6,8-10H,2,4-5,7H2/b3-1-. The van der Waals surface area contributed by atoms with Crippen molar-refractivity contribution in [3.05, 3.63) is 46.0 Å². The van der Waals surface area contributed by atoms with E-state index in [2.05, 4.69) is 12.2 Å². The first kappa shape index (κ1) is 12.7. The van der Waals surface area contributed by atoms with Crippen molar-refractivity contribution < 1.29 is 4.79 Å². The van der Waals surface area contributed by atoms with E-state index >= 15 is 0 Å². The fourth-order valence-electron chi connectivity index (χ4n) is 2.10. The normalized spacial score (nSPS) is 22.9. The van der Waals surface area contributed by atoms with Gasteiger partial charge in [-0.2, -0.15) is 0 Å². The van der Waals surface area contributed by atoms with E-state index in [0.29, 0.717) is 28.7 Å². The van der Waals surface area contributed by atoms with Crippen LogP contribution in [0.5, 0.6) is 0 Å². The first-order chi connectivity index (χ1) is 8.16. The fourth-order valence-corrected chi connectivity index (χ4v) is 2.65. The Bertz CT molecular complexity index is 452. The van der Waals surface area contributed by atoms with Crippen LogP contribution in [0.1, 0.15) is 37.2 Å². The molecule has 17 heavy (non-hydrogen) atoms. The molecule has 0 bridgehead atoms. The Morgan fingerprint density at radius 1 is 1.18 bits per heavy atom. The Morgan fingerprint density at radius 2 is 2.00 bits per heavy atom. The van der Waals surface area contributed by atoms with Crippen LogP contribution in [0.15, 0.2) is 30.4 Å². The summed E-state index contributed by atoms with van der Waals surface area (Å²) in [5.41, 5.74) is 1.06. The first-order valence-corrected chi connectivity index (χ1v) is 6.55. The molecular weight excluding hydrogens is 255 g/mol. The number of Topliss-reactive ketones (excluding diaryl/α,β-unsaturated/α-hetero) is 1. The van der Waals surface area contributed by atoms with E-state index in [0.717, 1.165) is 18.4 Å². The molecule has 1 aromatic rings. The highest BCUT2D eigenvalue weighted by Gasteiger charge is 2.15. The van der Waals surface area contributed by atoms with Gasteiger partial charge in [0, 0.05) is 28.8 Å². The molecule has 0 radical (unpaired) electrons. The Kier molecular flexibility index (Phi) is 4.25. The first-order valence-electron chi connectivity index (χ1n) is 5.80. The predicted molar refractivity (Wildman–Crippen MR) is 71.8 cm³/mol. The van der Waals surface area contributed by atoms with Crippen LogP contribution in [-0.2, 0) is 4.79 Å². The Balaban J connectivity index is 2.25. The third kappa shape index (κ3) is 3.34. The van der Waals surface area contributed by atoms with Crippen molar-refractivity contribution in [2.45, 2.75) is 31.6 Å². The van der Waals surface area contributed by atoms with Gasteiger partial charge in [0.2, 0.25) is 0 Å². The predicted octanol–water partition coefficient (Wildman–Crippen LogP) is 4.78. The SMILES string of the molecule is O=C1CC/C=C\C(c2ccc(Cl)cc2Cl)CC1. The van der Waals surface area contributed by atoms with Gasteiger partial charge in [0.25, 0.3) is 0 Å². The molecule has 0 spiro atoms. The Morgan fingerprint density at radius 3 is 2.76 bits per heavy atom. The summed E-state index contributed by atoms with van der Waals surface area (Å²) in [4.78, 5) is 11.5. The van der Waals surface area contributed by atoms with Gasteiger partial charge in [-0.3, -0.25) is 4.79 Å². The summed E-state index contributed by atoms with van der Waals surface area (Å²) < 4.78 is 0. The number of hydrogen-bond acceptors (Lipinski definition) is 1. The van der Waals surface area contributed by atoms with Gasteiger partial charge in [0.15, 0.2) is 0 Å². The van der Waals surface area contributed by atoms with E-state index in [4.69, 9.17) is 23.2 Å². The molecule has 0 N–H and O–H groups in total. The Hall–Kier alpha value is -0.790. The van der Waals surface area contributed by atoms with E-state index in [1.54, 1.807) is 6.07 Å². The lowest BCUT2D eigenvalue weighted by Gasteiger charge is -2.16. The molecule has 0 aliphatic heterocycles. The zero-order valence-electron chi connectivity index (χ0n) is 9.46. The summed E-state index contributed by atoms with van der Waals surface area (Å²) in [6.07, 6.45) is 7.19. The van der Waals surface area contributed by atoms with Crippen LogP contribution < -0.4 is 0 Å². The number of ketones is 1. The van der Waals surface area contributed by atoms with Crippen molar-refractivity contribution in [1.29, 1.82) is 0 Å². The van der Waals surface area contributed by atoms with E-state index in [1.165, 1.54) is 0 Å². The van der Waals surface area contributed by atoms with Gasteiger partial charge in [0.1, 0.15) is 5.78 Å². The molecule has 90 valence electrons. The molecule has 0 saturated heterocycles. The zero-order valence-corrected chi connectivity index (χ0v) is 11.0. The third-order valence-corrected chi connectivity index (χ3v) is 3.62. The van der Waals surface area contributed by atoms with Gasteiger partial charge in [-0.1, -0.05) is 41.4 Å². The minimum atomic E-state index is 0.226. The van der Waals surface area contributed by atoms with E-state index < -0.39 is 0 Å². The molecule has 0 heterocycles. The van der Waals surface area contributed by atoms with Crippen LogP contribution in [0.2, 0.25) is 10.0 Å². The fraction of sp³-hybridized carbons (Fsp3) is 0.357. The number of allylic oxidation sites excluding steroid dienone is 2. The lowest BCUT2D eigenvalue weighted by molar-refractivity contribution is -0.119. The topological polar surface area (TPSA) is 17.1 Å². The average Bonchev–Trinajstić information content (AvgIpc) is 2.26. The van der Waals surface area contributed by atoms with Gasteiger partial charge in [-0.25, -0.2) is 0 Å². The van der Waals surface area contributed by atoms with Gasteiger partial charge < -0.3 is 0 Å². The smallest absolute Gasteiger partial charge is 0.133 e. The van der Waals surface area contributed by atoms with Crippen LogP contribution in [0, 0.1) is 0 Å².